The fourth-order valence-corrected chi connectivity index (χ4v) is 3.11. The SMILES string of the molecule is CCCCCCc1cnc(-c2ccc(CCCOCCC(F)CC)cc2)nc1. The van der Waals surface area contributed by atoms with Crippen LogP contribution in [-0.2, 0) is 17.6 Å². The molecule has 2 rings (SSSR count). The Kier molecular flexibility index (Phi) is 10.7. The van der Waals surface area contributed by atoms with E-state index in [1.165, 1.54) is 36.8 Å². The molecule has 1 aromatic heterocycles. The van der Waals surface area contributed by atoms with Crippen LogP contribution in [0, 0.1) is 0 Å². The second kappa shape index (κ2) is 13.4. The Hall–Kier alpha value is -1.81. The summed E-state index contributed by atoms with van der Waals surface area (Å²) in [5.41, 5.74) is 3.54. The zero-order valence-electron chi connectivity index (χ0n) is 17.5. The minimum absolute atomic E-state index is 0.503. The maximum Gasteiger partial charge on any atom is 0.159 e. The van der Waals surface area contributed by atoms with Crippen molar-refractivity contribution >= 4 is 0 Å². The van der Waals surface area contributed by atoms with Crippen LogP contribution < -0.4 is 0 Å². The summed E-state index contributed by atoms with van der Waals surface area (Å²) in [6, 6.07) is 8.43. The Bertz CT molecular complexity index is 643. The Morgan fingerprint density at radius 3 is 2.25 bits per heavy atom. The third-order valence-electron chi connectivity index (χ3n) is 5.01. The third kappa shape index (κ3) is 8.47. The first-order valence-corrected chi connectivity index (χ1v) is 10.8. The number of alkyl halides is 1. The summed E-state index contributed by atoms with van der Waals surface area (Å²) in [5.74, 6) is 0.781. The quantitative estimate of drug-likeness (QED) is 0.355. The molecule has 4 heteroatoms. The van der Waals surface area contributed by atoms with E-state index in [2.05, 4.69) is 41.2 Å². The van der Waals surface area contributed by atoms with Crippen LogP contribution in [0.15, 0.2) is 36.7 Å². The van der Waals surface area contributed by atoms with Crippen molar-refractivity contribution in [2.75, 3.05) is 13.2 Å². The number of hydrogen-bond donors (Lipinski definition) is 0. The summed E-state index contributed by atoms with van der Waals surface area (Å²) in [6.45, 7) is 5.29. The molecule has 154 valence electrons. The van der Waals surface area contributed by atoms with Gasteiger partial charge in [0.25, 0.3) is 0 Å². The number of unbranched alkanes of at least 4 members (excludes halogenated alkanes) is 3. The molecule has 0 fully saturated rings. The van der Waals surface area contributed by atoms with Crippen molar-refractivity contribution < 1.29 is 9.13 Å². The summed E-state index contributed by atoms with van der Waals surface area (Å²) in [6.07, 6.45) is 12.3. The topological polar surface area (TPSA) is 35.0 Å². The standard InChI is InChI=1S/C24H35FN2O/c1-3-5-6-7-9-21-18-26-24(27-19-21)22-13-11-20(12-14-22)10-8-16-28-17-15-23(25)4-2/h11-14,18-19,23H,3-10,15-17H2,1-2H3. The first-order valence-electron chi connectivity index (χ1n) is 10.8. The van der Waals surface area contributed by atoms with Gasteiger partial charge in [0.2, 0.25) is 0 Å². The van der Waals surface area contributed by atoms with E-state index >= 15 is 0 Å². The smallest absolute Gasteiger partial charge is 0.159 e. The Morgan fingerprint density at radius 2 is 1.57 bits per heavy atom. The molecule has 1 aromatic carbocycles. The van der Waals surface area contributed by atoms with Gasteiger partial charge in [-0.3, -0.25) is 0 Å². The van der Waals surface area contributed by atoms with Crippen molar-refractivity contribution in [3.8, 4) is 11.4 Å². The molecule has 2 aromatic rings. The summed E-state index contributed by atoms with van der Waals surface area (Å²) in [5, 5.41) is 0. The molecule has 3 nitrogen and oxygen atoms in total. The maximum absolute atomic E-state index is 13.1. The molecular weight excluding hydrogens is 351 g/mol. The van der Waals surface area contributed by atoms with E-state index in [0.717, 1.165) is 30.7 Å². The van der Waals surface area contributed by atoms with Gasteiger partial charge in [-0.15, -0.1) is 0 Å². The summed E-state index contributed by atoms with van der Waals surface area (Å²) >= 11 is 0. The molecule has 1 atom stereocenters. The van der Waals surface area contributed by atoms with Gasteiger partial charge in [-0.05, 0) is 43.2 Å². The fourth-order valence-electron chi connectivity index (χ4n) is 3.11. The highest BCUT2D eigenvalue weighted by molar-refractivity contribution is 5.55. The van der Waals surface area contributed by atoms with Gasteiger partial charge in [-0.1, -0.05) is 57.4 Å². The van der Waals surface area contributed by atoms with Gasteiger partial charge in [0, 0.05) is 37.6 Å². The Balaban J connectivity index is 1.71. The number of aryl methyl sites for hydroxylation is 2. The Labute approximate surface area is 169 Å². The van der Waals surface area contributed by atoms with Gasteiger partial charge in [-0.2, -0.15) is 0 Å². The van der Waals surface area contributed by atoms with E-state index in [1.54, 1.807) is 0 Å². The molecule has 0 radical (unpaired) electrons. The predicted molar refractivity (Wildman–Crippen MR) is 114 cm³/mol. The average Bonchev–Trinajstić information content (AvgIpc) is 2.74. The predicted octanol–water partition coefficient (Wildman–Crippen LogP) is 6.35. The number of rotatable bonds is 14. The third-order valence-corrected chi connectivity index (χ3v) is 5.01. The first-order chi connectivity index (χ1) is 13.7. The molecule has 1 unspecified atom stereocenters. The molecule has 0 aliphatic carbocycles. The molecular formula is C24H35FN2O. The van der Waals surface area contributed by atoms with Crippen LogP contribution in [-0.4, -0.2) is 29.4 Å². The van der Waals surface area contributed by atoms with Crippen LogP contribution in [0.2, 0.25) is 0 Å². The number of nitrogens with zero attached hydrogens (tertiary/aromatic N) is 2. The zero-order chi connectivity index (χ0) is 20.0. The van der Waals surface area contributed by atoms with Gasteiger partial charge in [0.1, 0.15) is 6.17 Å². The van der Waals surface area contributed by atoms with Crippen LogP contribution >= 0.6 is 0 Å². The number of benzene rings is 1. The lowest BCUT2D eigenvalue weighted by Crippen LogP contribution is -2.05. The second-order valence-corrected chi connectivity index (χ2v) is 7.43. The summed E-state index contributed by atoms with van der Waals surface area (Å²) in [7, 11) is 0. The molecule has 0 spiro atoms. The lowest BCUT2D eigenvalue weighted by Gasteiger charge is -2.07. The summed E-state index contributed by atoms with van der Waals surface area (Å²) in [4.78, 5) is 9.07. The maximum atomic E-state index is 13.1. The van der Waals surface area contributed by atoms with E-state index < -0.39 is 6.17 Å². The minimum atomic E-state index is -0.732. The highest BCUT2D eigenvalue weighted by Gasteiger charge is 2.04. The van der Waals surface area contributed by atoms with Crippen LogP contribution in [0.4, 0.5) is 4.39 Å². The van der Waals surface area contributed by atoms with Crippen LogP contribution in [0.5, 0.6) is 0 Å². The highest BCUT2D eigenvalue weighted by Crippen LogP contribution is 2.17. The first kappa shape index (κ1) is 22.5. The molecule has 0 saturated heterocycles. The fraction of sp³-hybridized carbons (Fsp3) is 0.583. The molecule has 0 aliphatic heterocycles. The van der Waals surface area contributed by atoms with E-state index in [-0.39, 0.29) is 0 Å². The van der Waals surface area contributed by atoms with Gasteiger partial charge < -0.3 is 4.74 Å². The molecule has 1 heterocycles. The van der Waals surface area contributed by atoms with Gasteiger partial charge >= 0.3 is 0 Å². The van der Waals surface area contributed by atoms with E-state index in [1.807, 2.05) is 19.3 Å². The molecule has 0 saturated carbocycles. The van der Waals surface area contributed by atoms with Crippen molar-refractivity contribution in [1.29, 1.82) is 0 Å². The molecule has 0 amide bonds. The lowest BCUT2D eigenvalue weighted by atomic mass is 10.1. The van der Waals surface area contributed by atoms with E-state index in [4.69, 9.17) is 4.74 Å². The largest absolute Gasteiger partial charge is 0.381 e. The van der Waals surface area contributed by atoms with Crippen molar-refractivity contribution in [2.45, 2.75) is 77.8 Å². The number of halogens is 1. The van der Waals surface area contributed by atoms with Crippen molar-refractivity contribution in [2.24, 2.45) is 0 Å². The molecule has 0 N–H and O–H groups in total. The van der Waals surface area contributed by atoms with Crippen LogP contribution in [0.1, 0.15) is 69.9 Å². The monoisotopic (exact) mass is 386 g/mol. The summed E-state index contributed by atoms with van der Waals surface area (Å²) < 4.78 is 18.6. The van der Waals surface area contributed by atoms with Crippen molar-refractivity contribution in [3.05, 3.63) is 47.8 Å². The van der Waals surface area contributed by atoms with Crippen LogP contribution in [0.3, 0.4) is 0 Å². The van der Waals surface area contributed by atoms with Gasteiger partial charge in [0.15, 0.2) is 5.82 Å². The lowest BCUT2D eigenvalue weighted by molar-refractivity contribution is 0.109. The van der Waals surface area contributed by atoms with Crippen LogP contribution in [0.25, 0.3) is 11.4 Å². The van der Waals surface area contributed by atoms with E-state index in [9.17, 15) is 4.39 Å². The number of ether oxygens (including phenoxy) is 1. The van der Waals surface area contributed by atoms with Gasteiger partial charge in [-0.25, -0.2) is 14.4 Å². The zero-order valence-corrected chi connectivity index (χ0v) is 17.5. The van der Waals surface area contributed by atoms with Gasteiger partial charge in [0.05, 0.1) is 0 Å². The van der Waals surface area contributed by atoms with E-state index in [0.29, 0.717) is 26.1 Å². The molecule has 0 bridgehead atoms. The van der Waals surface area contributed by atoms with Crippen molar-refractivity contribution in [1.82, 2.24) is 9.97 Å². The Morgan fingerprint density at radius 1 is 0.857 bits per heavy atom. The second-order valence-electron chi connectivity index (χ2n) is 7.43. The minimum Gasteiger partial charge on any atom is -0.381 e. The number of aromatic nitrogens is 2. The van der Waals surface area contributed by atoms with Crippen molar-refractivity contribution in [3.63, 3.8) is 0 Å². The normalized spacial score (nSPS) is 12.2. The number of hydrogen-bond acceptors (Lipinski definition) is 3. The molecule has 0 aliphatic rings. The molecule has 28 heavy (non-hydrogen) atoms. The highest BCUT2D eigenvalue weighted by atomic mass is 19.1. The average molecular weight is 387 g/mol.